The average molecular weight is 450 g/mol. The number of hydrogen-bond donors (Lipinski definition) is 0. The van der Waals surface area contributed by atoms with E-state index in [1.54, 1.807) is 0 Å². The minimum Gasteiger partial charge on any atom is -0.436 e. The van der Waals surface area contributed by atoms with Gasteiger partial charge in [0.2, 0.25) is 5.89 Å². The van der Waals surface area contributed by atoms with Crippen molar-refractivity contribution in [3.63, 3.8) is 0 Å². The summed E-state index contributed by atoms with van der Waals surface area (Å²) in [7, 11) is 0. The fraction of sp³-hybridized carbons (Fsp3) is 0. The number of oxazole rings is 1. The van der Waals surface area contributed by atoms with Crippen molar-refractivity contribution in [2.45, 2.75) is 0 Å². The lowest BCUT2D eigenvalue weighted by molar-refractivity contribution is 0.620. The van der Waals surface area contributed by atoms with Gasteiger partial charge in [0, 0.05) is 34.3 Å². The molecule has 0 N–H and O–H groups in total. The van der Waals surface area contributed by atoms with Gasteiger partial charge in [-0.25, -0.2) is 4.98 Å². The van der Waals surface area contributed by atoms with Gasteiger partial charge in [0.1, 0.15) is 5.52 Å². The third-order valence-electron chi connectivity index (χ3n) is 6.34. The van der Waals surface area contributed by atoms with Crippen molar-refractivity contribution in [3.8, 4) is 33.7 Å². The monoisotopic (exact) mass is 449 g/mol. The van der Waals surface area contributed by atoms with Crippen molar-refractivity contribution < 1.29 is 4.42 Å². The maximum Gasteiger partial charge on any atom is 0.227 e. The SMILES string of the molecule is c1ccc(-c2cc(-c3cnc4c(ccc5cccnc54)c3)cc(-c3nc4ccccc4o3)c2)cc1. The summed E-state index contributed by atoms with van der Waals surface area (Å²) < 4.78 is 6.12. The van der Waals surface area contributed by atoms with E-state index in [9.17, 15) is 0 Å². The molecule has 4 nitrogen and oxygen atoms in total. The zero-order chi connectivity index (χ0) is 23.2. The fourth-order valence-electron chi connectivity index (χ4n) is 4.60. The quantitative estimate of drug-likeness (QED) is 0.257. The van der Waals surface area contributed by atoms with Gasteiger partial charge in [-0.3, -0.25) is 9.97 Å². The first kappa shape index (κ1) is 19.6. The highest BCUT2D eigenvalue weighted by Crippen LogP contribution is 2.35. The molecule has 3 heterocycles. The molecule has 3 aromatic heterocycles. The summed E-state index contributed by atoms with van der Waals surface area (Å²) in [6.07, 6.45) is 3.74. The second kappa shape index (κ2) is 7.89. The predicted octanol–water partition coefficient (Wildman–Crippen LogP) is 7.93. The minimum atomic E-state index is 0.606. The molecule has 0 bridgehead atoms. The van der Waals surface area contributed by atoms with Crippen molar-refractivity contribution in [3.05, 3.63) is 116 Å². The van der Waals surface area contributed by atoms with Gasteiger partial charge in [-0.1, -0.05) is 60.7 Å². The molecule has 4 aromatic carbocycles. The van der Waals surface area contributed by atoms with E-state index in [0.717, 1.165) is 60.7 Å². The third-order valence-corrected chi connectivity index (χ3v) is 6.34. The molecular formula is C31H19N3O. The molecule has 0 spiro atoms. The van der Waals surface area contributed by atoms with Gasteiger partial charge < -0.3 is 4.42 Å². The van der Waals surface area contributed by atoms with Crippen molar-refractivity contribution in [2.24, 2.45) is 0 Å². The molecule has 0 radical (unpaired) electrons. The smallest absolute Gasteiger partial charge is 0.227 e. The maximum absolute atomic E-state index is 6.12. The molecule has 0 atom stereocenters. The molecule has 7 rings (SSSR count). The number of benzene rings is 4. The van der Waals surface area contributed by atoms with E-state index in [4.69, 9.17) is 14.4 Å². The Bertz CT molecular complexity index is 1820. The molecule has 35 heavy (non-hydrogen) atoms. The van der Waals surface area contributed by atoms with Crippen LogP contribution >= 0.6 is 0 Å². The Kier molecular flexibility index (Phi) is 4.42. The van der Waals surface area contributed by atoms with E-state index in [-0.39, 0.29) is 0 Å². The predicted molar refractivity (Wildman–Crippen MR) is 141 cm³/mol. The molecule has 0 aliphatic heterocycles. The Labute approximate surface area is 201 Å². The molecule has 0 saturated carbocycles. The summed E-state index contributed by atoms with van der Waals surface area (Å²) in [4.78, 5) is 14.1. The Morgan fingerprint density at radius 2 is 1.26 bits per heavy atom. The zero-order valence-electron chi connectivity index (χ0n) is 18.7. The van der Waals surface area contributed by atoms with Crippen LogP contribution < -0.4 is 0 Å². The van der Waals surface area contributed by atoms with Gasteiger partial charge in [0.25, 0.3) is 0 Å². The number of fused-ring (bicyclic) bond motifs is 4. The Morgan fingerprint density at radius 1 is 0.514 bits per heavy atom. The maximum atomic E-state index is 6.12. The Balaban J connectivity index is 1.43. The largest absolute Gasteiger partial charge is 0.436 e. The van der Waals surface area contributed by atoms with Crippen LogP contribution in [0.3, 0.4) is 0 Å². The van der Waals surface area contributed by atoms with Gasteiger partial charge >= 0.3 is 0 Å². The lowest BCUT2D eigenvalue weighted by atomic mass is 9.96. The molecule has 164 valence electrons. The minimum absolute atomic E-state index is 0.606. The van der Waals surface area contributed by atoms with Crippen molar-refractivity contribution in [1.29, 1.82) is 0 Å². The first-order valence-electron chi connectivity index (χ1n) is 11.5. The van der Waals surface area contributed by atoms with Crippen LogP contribution in [0.2, 0.25) is 0 Å². The summed E-state index contributed by atoms with van der Waals surface area (Å²) in [5.41, 5.74) is 8.70. The summed E-state index contributed by atoms with van der Waals surface area (Å²) in [6, 6.07) is 35.1. The van der Waals surface area contributed by atoms with Crippen LogP contribution in [-0.4, -0.2) is 15.0 Å². The lowest BCUT2D eigenvalue weighted by Crippen LogP contribution is -1.89. The molecule has 0 aliphatic rings. The summed E-state index contributed by atoms with van der Waals surface area (Å²) >= 11 is 0. The van der Waals surface area contributed by atoms with Crippen LogP contribution in [0.15, 0.2) is 120 Å². The van der Waals surface area contributed by atoms with E-state index in [0.29, 0.717) is 5.89 Å². The first-order valence-corrected chi connectivity index (χ1v) is 11.5. The van der Waals surface area contributed by atoms with Crippen LogP contribution in [0.1, 0.15) is 0 Å². The van der Waals surface area contributed by atoms with Gasteiger partial charge in [-0.15, -0.1) is 0 Å². The summed E-state index contributed by atoms with van der Waals surface area (Å²) in [5, 5.41) is 2.15. The highest BCUT2D eigenvalue weighted by molar-refractivity contribution is 6.03. The molecule has 0 saturated heterocycles. The zero-order valence-corrected chi connectivity index (χ0v) is 18.7. The van der Waals surface area contributed by atoms with Crippen molar-refractivity contribution in [1.82, 2.24) is 15.0 Å². The molecule has 7 aromatic rings. The van der Waals surface area contributed by atoms with Gasteiger partial charge in [-0.05, 0) is 59.2 Å². The van der Waals surface area contributed by atoms with Gasteiger partial charge in [0.15, 0.2) is 5.58 Å². The van der Waals surface area contributed by atoms with Crippen LogP contribution in [0, 0.1) is 0 Å². The number of nitrogens with zero attached hydrogens (tertiary/aromatic N) is 3. The normalized spacial score (nSPS) is 11.4. The molecule has 0 amide bonds. The number of hydrogen-bond acceptors (Lipinski definition) is 4. The standard InChI is InChI=1S/C31H19N3O/c1-2-7-20(8-3-1)23-16-24(18-25(17-23)31-34-27-10-4-5-11-28(27)35-31)26-15-22-13-12-21-9-6-14-32-29(21)30(22)33-19-26/h1-19H. The molecule has 0 aliphatic carbocycles. The van der Waals surface area contributed by atoms with Gasteiger partial charge in [0.05, 0.1) is 11.0 Å². The second-order valence-corrected chi connectivity index (χ2v) is 8.59. The van der Waals surface area contributed by atoms with E-state index in [1.807, 2.05) is 48.8 Å². The van der Waals surface area contributed by atoms with E-state index in [1.165, 1.54) is 0 Å². The summed E-state index contributed by atoms with van der Waals surface area (Å²) in [6.45, 7) is 0. The van der Waals surface area contributed by atoms with Gasteiger partial charge in [-0.2, -0.15) is 0 Å². The fourth-order valence-corrected chi connectivity index (χ4v) is 4.60. The Hall–Kier alpha value is -4.83. The van der Waals surface area contributed by atoms with Crippen LogP contribution in [0.4, 0.5) is 0 Å². The van der Waals surface area contributed by atoms with Crippen LogP contribution in [0.5, 0.6) is 0 Å². The molecule has 0 fully saturated rings. The van der Waals surface area contributed by atoms with Crippen molar-refractivity contribution >= 4 is 32.9 Å². The second-order valence-electron chi connectivity index (χ2n) is 8.59. The van der Waals surface area contributed by atoms with Crippen LogP contribution in [0.25, 0.3) is 66.6 Å². The molecule has 4 heteroatoms. The number of rotatable bonds is 3. The Morgan fingerprint density at radius 3 is 2.14 bits per heavy atom. The third kappa shape index (κ3) is 3.44. The van der Waals surface area contributed by atoms with E-state index < -0.39 is 0 Å². The van der Waals surface area contributed by atoms with E-state index >= 15 is 0 Å². The molecular weight excluding hydrogens is 430 g/mol. The lowest BCUT2D eigenvalue weighted by Gasteiger charge is -2.10. The summed E-state index contributed by atoms with van der Waals surface area (Å²) in [5.74, 6) is 0.606. The molecule has 0 unspecified atom stereocenters. The van der Waals surface area contributed by atoms with Crippen molar-refractivity contribution in [2.75, 3.05) is 0 Å². The highest BCUT2D eigenvalue weighted by Gasteiger charge is 2.13. The number of para-hydroxylation sites is 2. The highest BCUT2D eigenvalue weighted by atomic mass is 16.3. The number of aromatic nitrogens is 3. The van der Waals surface area contributed by atoms with E-state index in [2.05, 4.69) is 71.7 Å². The number of pyridine rings is 2. The van der Waals surface area contributed by atoms with Crippen LogP contribution in [-0.2, 0) is 0 Å². The topological polar surface area (TPSA) is 51.8 Å². The first-order chi connectivity index (χ1) is 17.3. The average Bonchev–Trinajstić information content (AvgIpc) is 3.37.